The van der Waals surface area contributed by atoms with Crippen molar-refractivity contribution in [3.63, 3.8) is 0 Å². The van der Waals surface area contributed by atoms with E-state index in [-0.39, 0.29) is 10.8 Å². The zero-order chi connectivity index (χ0) is 19.2. The molecule has 0 spiro atoms. The molecule has 0 radical (unpaired) electrons. The maximum absolute atomic E-state index is 12.1. The topological polar surface area (TPSA) is 93.7 Å². The van der Waals surface area contributed by atoms with Gasteiger partial charge in [-0.25, -0.2) is 13.1 Å². The first kappa shape index (κ1) is 20.2. The van der Waals surface area contributed by atoms with Gasteiger partial charge in [-0.05, 0) is 49.2 Å². The number of ether oxygens (including phenoxy) is 2. The van der Waals surface area contributed by atoms with Crippen molar-refractivity contribution >= 4 is 27.3 Å². The van der Waals surface area contributed by atoms with Crippen LogP contribution in [0.2, 0.25) is 0 Å². The van der Waals surface area contributed by atoms with Crippen molar-refractivity contribution in [2.75, 3.05) is 27.3 Å². The number of thiophene rings is 1. The Morgan fingerprint density at radius 1 is 1.15 bits per heavy atom. The average Bonchev–Trinajstić information content (AvgIpc) is 3.07. The molecule has 26 heavy (non-hydrogen) atoms. The summed E-state index contributed by atoms with van der Waals surface area (Å²) in [5.74, 6) is 1.00. The number of hydrogen-bond donors (Lipinski definition) is 2. The number of methoxy groups -OCH3 is 2. The van der Waals surface area contributed by atoms with Crippen LogP contribution in [0.1, 0.15) is 10.4 Å². The van der Waals surface area contributed by atoms with E-state index < -0.39 is 15.9 Å². The third kappa shape index (κ3) is 5.45. The van der Waals surface area contributed by atoms with Crippen LogP contribution in [0.4, 0.5) is 0 Å². The van der Waals surface area contributed by atoms with E-state index in [1.54, 1.807) is 32.4 Å². The van der Waals surface area contributed by atoms with Crippen LogP contribution in [0.5, 0.6) is 11.5 Å². The first-order valence-electron chi connectivity index (χ1n) is 7.89. The number of carbonyl (C=O) groups is 1. The van der Waals surface area contributed by atoms with Crippen molar-refractivity contribution in [2.45, 2.75) is 17.6 Å². The van der Waals surface area contributed by atoms with Gasteiger partial charge >= 0.3 is 0 Å². The van der Waals surface area contributed by atoms with E-state index >= 15 is 0 Å². The van der Waals surface area contributed by atoms with Crippen LogP contribution >= 0.6 is 11.3 Å². The molecule has 1 aromatic heterocycles. The molecule has 2 aromatic rings. The maximum atomic E-state index is 12.1. The van der Waals surface area contributed by atoms with Crippen molar-refractivity contribution in [1.82, 2.24) is 10.0 Å². The Hall–Kier alpha value is -2.10. The van der Waals surface area contributed by atoms with E-state index in [4.69, 9.17) is 9.47 Å². The van der Waals surface area contributed by atoms with Gasteiger partial charge in [-0.3, -0.25) is 4.79 Å². The van der Waals surface area contributed by atoms with Crippen LogP contribution in [0.3, 0.4) is 0 Å². The van der Waals surface area contributed by atoms with E-state index in [2.05, 4.69) is 10.0 Å². The SMILES string of the molecule is COc1ccc(OC)c(CCNC(=O)CNS(=O)(=O)c2ccc(C)s2)c1. The Bertz CT molecular complexity index is 862. The summed E-state index contributed by atoms with van der Waals surface area (Å²) in [5.41, 5.74) is 0.891. The summed E-state index contributed by atoms with van der Waals surface area (Å²) >= 11 is 1.16. The van der Waals surface area contributed by atoms with Gasteiger partial charge in [-0.15, -0.1) is 11.3 Å². The zero-order valence-electron chi connectivity index (χ0n) is 14.9. The number of carbonyl (C=O) groups excluding carboxylic acids is 1. The van der Waals surface area contributed by atoms with Gasteiger partial charge in [-0.2, -0.15) is 0 Å². The van der Waals surface area contributed by atoms with Crippen LogP contribution in [-0.4, -0.2) is 41.6 Å². The van der Waals surface area contributed by atoms with Gasteiger partial charge in [0.15, 0.2) is 0 Å². The highest BCUT2D eigenvalue weighted by molar-refractivity contribution is 7.91. The van der Waals surface area contributed by atoms with Gasteiger partial charge in [0.05, 0.1) is 20.8 Å². The standard InChI is InChI=1S/C17H22N2O5S2/c1-12-4-7-17(25-12)26(21,22)19-11-16(20)18-9-8-13-10-14(23-2)5-6-15(13)24-3/h4-7,10,19H,8-9,11H2,1-3H3,(H,18,20). The molecule has 1 heterocycles. The second-order valence-electron chi connectivity index (χ2n) is 5.47. The second kappa shape index (κ2) is 9.02. The van der Waals surface area contributed by atoms with Gasteiger partial charge in [0.2, 0.25) is 5.91 Å². The number of rotatable bonds is 9. The van der Waals surface area contributed by atoms with Crippen molar-refractivity contribution < 1.29 is 22.7 Å². The molecule has 0 bridgehead atoms. The first-order chi connectivity index (χ1) is 12.4. The summed E-state index contributed by atoms with van der Waals surface area (Å²) in [5, 5.41) is 2.69. The molecule has 0 aliphatic heterocycles. The maximum Gasteiger partial charge on any atom is 0.250 e. The van der Waals surface area contributed by atoms with Crippen LogP contribution in [-0.2, 0) is 21.2 Å². The van der Waals surface area contributed by atoms with E-state index in [9.17, 15) is 13.2 Å². The molecule has 0 fully saturated rings. The molecule has 1 amide bonds. The largest absolute Gasteiger partial charge is 0.497 e. The minimum absolute atomic E-state index is 0.198. The number of amides is 1. The number of benzene rings is 1. The first-order valence-corrected chi connectivity index (χ1v) is 10.2. The molecule has 1 aromatic carbocycles. The molecule has 9 heteroatoms. The molecular formula is C17H22N2O5S2. The van der Waals surface area contributed by atoms with Gasteiger partial charge in [0.25, 0.3) is 10.0 Å². The fraction of sp³-hybridized carbons (Fsp3) is 0.353. The number of hydrogen-bond acceptors (Lipinski definition) is 6. The van der Waals surface area contributed by atoms with Crippen molar-refractivity contribution in [3.8, 4) is 11.5 Å². The summed E-state index contributed by atoms with van der Waals surface area (Å²) in [6.07, 6.45) is 0.531. The van der Waals surface area contributed by atoms with E-state index in [0.29, 0.717) is 24.5 Å². The fourth-order valence-corrected chi connectivity index (χ4v) is 4.57. The fourth-order valence-electron chi connectivity index (χ4n) is 2.26. The lowest BCUT2D eigenvalue weighted by Gasteiger charge is -2.11. The smallest absolute Gasteiger partial charge is 0.250 e. The minimum Gasteiger partial charge on any atom is -0.497 e. The molecule has 7 nitrogen and oxygen atoms in total. The molecular weight excluding hydrogens is 376 g/mol. The highest BCUT2D eigenvalue weighted by Gasteiger charge is 2.17. The molecule has 0 unspecified atom stereocenters. The highest BCUT2D eigenvalue weighted by Crippen LogP contribution is 2.24. The number of nitrogens with one attached hydrogen (secondary N) is 2. The lowest BCUT2D eigenvalue weighted by Crippen LogP contribution is -2.37. The summed E-state index contributed by atoms with van der Waals surface area (Å²) in [7, 11) is -0.508. The molecule has 0 saturated carbocycles. The molecule has 2 N–H and O–H groups in total. The van der Waals surface area contributed by atoms with Gasteiger partial charge in [0, 0.05) is 11.4 Å². The second-order valence-corrected chi connectivity index (χ2v) is 8.75. The average molecular weight is 399 g/mol. The zero-order valence-corrected chi connectivity index (χ0v) is 16.5. The predicted molar refractivity (Wildman–Crippen MR) is 101 cm³/mol. The Morgan fingerprint density at radius 2 is 1.92 bits per heavy atom. The van der Waals surface area contributed by atoms with Gasteiger partial charge in [-0.1, -0.05) is 0 Å². The third-order valence-corrected chi connectivity index (χ3v) is 6.50. The Kier molecular flexibility index (Phi) is 7.01. The van der Waals surface area contributed by atoms with Gasteiger partial charge < -0.3 is 14.8 Å². The monoisotopic (exact) mass is 398 g/mol. The third-order valence-electron chi connectivity index (χ3n) is 3.61. The number of aryl methyl sites for hydroxylation is 1. The summed E-state index contributed by atoms with van der Waals surface area (Å²) < 4.78 is 37.1. The molecule has 0 saturated heterocycles. The summed E-state index contributed by atoms with van der Waals surface area (Å²) in [6.45, 7) is 1.86. The molecule has 2 rings (SSSR count). The van der Waals surface area contributed by atoms with Crippen molar-refractivity contribution in [1.29, 1.82) is 0 Å². The van der Waals surface area contributed by atoms with Crippen LogP contribution in [0, 0.1) is 6.92 Å². The van der Waals surface area contributed by atoms with Crippen LogP contribution in [0.25, 0.3) is 0 Å². The molecule has 0 aliphatic carbocycles. The van der Waals surface area contributed by atoms with E-state index in [0.717, 1.165) is 21.8 Å². The van der Waals surface area contributed by atoms with Crippen molar-refractivity contribution in [3.05, 3.63) is 40.8 Å². The predicted octanol–water partition coefficient (Wildman–Crippen LogP) is 1.71. The van der Waals surface area contributed by atoms with Crippen LogP contribution < -0.4 is 19.5 Å². The normalized spacial score (nSPS) is 11.2. The Morgan fingerprint density at radius 3 is 2.54 bits per heavy atom. The summed E-state index contributed by atoms with van der Waals surface area (Å²) in [6, 6.07) is 8.68. The quantitative estimate of drug-likeness (QED) is 0.671. The Labute approximate surface area is 157 Å². The van der Waals surface area contributed by atoms with Gasteiger partial charge in [0.1, 0.15) is 15.7 Å². The van der Waals surface area contributed by atoms with Crippen molar-refractivity contribution in [2.24, 2.45) is 0 Å². The highest BCUT2D eigenvalue weighted by atomic mass is 32.2. The molecule has 142 valence electrons. The van der Waals surface area contributed by atoms with Crippen LogP contribution in [0.15, 0.2) is 34.5 Å². The number of sulfonamides is 1. The Balaban J connectivity index is 1.84. The minimum atomic E-state index is -3.66. The lowest BCUT2D eigenvalue weighted by atomic mass is 10.1. The molecule has 0 aliphatic rings. The van der Waals surface area contributed by atoms with E-state index in [1.807, 2.05) is 13.0 Å². The lowest BCUT2D eigenvalue weighted by molar-refractivity contribution is -0.119. The van der Waals surface area contributed by atoms with E-state index in [1.165, 1.54) is 6.07 Å². The summed E-state index contributed by atoms with van der Waals surface area (Å²) in [4.78, 5) is 12.8. The molecule has 0 atom stereocenters.